The molecule has 0 saturated carbocycles. The number of hydrogen-bond donors (Lipinski definition) is 0. The molecule has 0 aromatic heterocycles. The summed E-state index contributed by atoms with van der Waals surface area (Å²) in [6.07, 6.45) is 18.5. The van der Waals surface area contributed by atoms with Crippen LogP contribution in [-0.4, -0.2) is 49.4 Å². The minimum Gasteiger partial charge on any atom is -0.342 e. The minimum atomic E-state index is 0.180. The van der Waals surface area contributed by atoms with Crippen molar-refractivity contribution in [1.29, 1.82) is 0 Å². The Kier molecular flexibility index (Phi) is 25.0. The summed E-state index contributed by atoms with van der Waals surface area (Å²) in [7, 11) is 4.20. The van der Waals surface area contributed by atoms with Gasteiger partial charge >= 0.3 is 0 Å². The van der Waals surface area contributed by atoms with Gasteiger partial charge in [-0.2, -0.15) is 0 Å². The van der Waals surface area contributed by atoms with E-state index < -0.39 is 0 Å². The van der Waals surface area contributed by atoms with E-state index in [1.54, 1.807) is 0 Å². The van der Waals surface area contributed by atoms with Gasteiger partial charge in [0, 0.05) is 19.5 Å². The summed E-state index contributed by atoms with van der Waals surface area (Å²) in [6.45, 7) is 24.4. The maximum absolute atomic E-state index is 13.1. The molecule has 0 spiro atoms. The molecule has 36 heavy (non-hydrogen) atoms. The van der Waals surface area contributed by atoms with Crippen molar-refractivity contribution in [2.75, 3.05) is 33.7 Å². The number of amides is 1. The number of carbonyl (C=O) groups is 1. The minimum absolute atomic E-state index is 0.180. The van der Waals surface area contributed by atoms with Crippen LogP contribution in [0.25, 0.3) is 0 Å². The van der Waals surface area contributed by atoms with Gasteiger partial charge in [0.1, 0.15) is 0 Å². The number of hydrogen-bond acceptors (Lipinski definition) is 2. The first-order valence-corrected chi connectivity index (χ1v) is 15.4. The number of unbranched alkanes of at least 4 members (excludes halogenated alkanes) is 6. The highest BCUT2D eigenvalue weighted by molar-refractivity contribution is 5.76. The molecule has 0 saturated heterocycles. The van der Waals surface area contributed by atoms with Gasteiger partial charge in [0.15, 0.2) is 0 Å². The van der Waals surface area contributed by atoms with Crippen molar-refractivity contribution >= 4 is 5.91 Å². The Bertz CT molecular complexity index is 550. The van der Waals surface area contributed by atoms with Gasteiger partial charge in [0.05, 0.1) is 0 Å². The second-order valence-corrected chi connectivity index (χ2v) is 11.6. The van der Waals surface area contributed by atoms with Crippen molar-refractivity contribution in [1.82, 2.24) is 9.80 Å². The number of allylic oxidation sites excluding steroid dienone is 1. The van der Waals surface area contributed by atoms with Crippen LogP contribution in [0, 0.1) is 5.41 Å². The summed E-state index contributed by atoms with van der Waals surface area (Å²) >= 11 is 0. The third-order valence-corrected chi connectivity index (χ3v) is 7.06. The van der Waals surface area contributed by atoms with Crippen molar-refractivity contribution in [3.8, 4) is 0 Å². The van der Waals surface area contributed by atoms with E-state index >= 15 is 0 Å². The van der Waals surface area contributed by atoms with Gasteiger partial charge in [0.2, 0.25) is 5.91 Å². The van der Waals surface area contributed by atoms with E-state index in [9.17, 15) is 4.79 Å². The first-order chi connectivity index (χ1) is 17.1. The summed E-state index contributed by atoms with van der Waals surface area (Å²) in [5.74, 6) is 0.320. The van der Waals surface area contributed by atoms with Crippen molar-refractivity contribution in [3.05, 3.63) is 24.3 Å². The second-order valence-electron chi connectivity index (χ2n) is 11.6. The fourth-order valence-corrected chi connectivity index (χ4v) is 4.31. The Labute approximate surface area is 228 Å². The van der Waals surface area contributed by atoms with Crippen molar-refractivity contribution in [2.45, 2.75) is 144 Å². The molecule has 0 heterocycles. The molecule has 3 heteroatoms. The van der Waals surface area contributed by atoms with Crippen LogP contribution < -0.4 is 0 Å². The monoisotopic (exact) mass is 507 g/mol. The Morgan fingerprint density at radius 2 is 1.17 bits per heavy atom. The molecule has 0 fully saturated rings. The number of rotatable bonds is 23. The zero-order valence-electron chi connectivity index (χ0n) is 26.2. The second kappa shape index (κ2) is 24.3. The van der Waals surface area contributed by atoms with Crippen molar-refractivity contribution in [3.63, 3.8) is 0 Å². The van der Waals surface area contributed by atoms with Gasteiger partial charge in [-0.25, -0.2) is 0 Å². The summed E-state index contributed by atoms with van der Waals surface area (Å²) in [5.41, 5.74) is 2.86. The zero-order chi connectivity index (χ0) is 27.8. The SMILES string of the molecule is C=C(CCCC)CCN(CCCN(C)C)C(=O)CCC(C)(C)CCC(=C)CCCCCCCC.CC. The molecule has 0 aliphatic carbocycles. The molecule has 3 nitrogen and oxygen atoms in total. The summed E-state index contributed by atoms with van der Waals surface area (Å²) < 4.78 is 0. The maximum atomic E-state index is 13.1. The van der Waals surface area contributed by atoms with E-state index in [0.29, 0.717) is 12.3 Å². The lowest BCUT2D eigenvalue weighted by molar-refractivity contribution is -0.131. The topological polar surface area (TPSA) is 23.6 Å². The number of nitrogens with zero attached hydrogens (tertiary/aromatic N) is 2. The number of carbonyl (C=O) groups excluding carboxylic acids is 1. The average Bonchev–Trinajstić information content (AvgIpc) is 2.85. The van der Waals surface area contributed by atoms with Crippen LogP contribution in [-0.2, 0) is 4.79 Å². The van der Waals surface area contributed by atoms with Crippen LogP contribution in [0.4, 0.5) is 0 Å². The highest BCUT2D eigenvalue weighted by atomic mass is 16.2. The summed E-state index contributed by atoms with van der Waals surface area (Å²) in [4.78, 5) is 17.4. The molecule has 0 aromatic carbocycles. The zero-order valence-corrected chi connectivity index (χ0v) is 26.2. The normalized spacial score (nSPS) is 11.2. The van der Waals surface area contributed by atoms with Gasteiger partial charge in [-0.15, -0.1) is 0 Å². The Morgan fingerprint density at radius 1 is 0.639 bits per heavy atom. The first-order valence-electron chi connectivity index (χ1n) is 15.4. The van der Waals surface area contributed by atoms with E-state index in [0.717, 1.165) is 58.2 Å². The molecule has 1 amide bonds. The summed E-state index contributed by atoms with van der Waals surface area (Å²) in [5, 5.41) is 0. The van der Waals surface area contributed by atoms with E-state index in [1.807, 2.05) is 13.8 Å². The van der Waals surface area contributed by atoms with Crippen molar-refractivity contribution in [2.24, 2.45) is 5.41 Å². The van der Waals surface area contributed by atoms with Crippen molar-refractivity contribution < 1.29 is 4.79 Å². The molecule has 0 rings (SSSR count). The van der Waals surface area contributed by atoms with E-state index in [2.05, 4.69) is 64.7 Å². The third kappa shape index (κ3) is 23.3. The standard InChI is InChI=1S/C31H60N2O.C2H6/c1-9-11-13-14-15-16-19-28(3)20-23-31(5,6)24-21-30(34)33(26-17-25-32(7)8)27-22-29(4)18-12-10-2;1-2/h3-4,9-27H2,1-2,5-8H3;1-2H3. The smallest absolute Gasteiger partial charge is 0.222 e. The van der Waals surface area contributed by atoms with Gasteiger partial charge in [-0.1, -0.05) is 104 Å². The van der Waals surface area contributed by atoms with E-state index in [1.165, 1.54) is 68.9 Å². The molecule has 0 radical (unpaired) electrons. The van der Waals surface area contributed by atoms with Crippen LogP contribution in [0.3, 0.4) is 0 Å². The lowest BCUT2D eigenvalue weighted by atomic mass is 9.81. The molecule has 0 aromatic rings. The van der Waals surface area contributed by atoms with E-state index in [-0.39, 0.29) is 5.41 Å². The molecule has 214 valence electrons. The van der Waals surface area contributed by atoms with E-state index in [4.69, 9.17) is 0 Å². The highest BCUT2D eigenvalue weighted by Gasteiger charge is 2.22. The Morgan fingerprint density at radius 3 is 1.78 bits per heavy atom. The largest absolute Gasteiger partial charge is 0.342 e. The van der Waals surface area contributed by atoms with Gasteiger partial charge in [-0.3, -0.25) is 4.79 Å². The fourth-order valence-electron chi connectivity index (χ4n) is 4.31. The molecular formula is C33H66N2O. The molecule has 0 N–H and O–H groups in total. The Hall–Kier alpha value is -1.09. The van der Waals surface area contributed by atoms with Crippen LogP contribution in [0.5, 0.6) is 0 Å². The van der Waals surface area contributed by atoms with Crippen LogP contribution in [0.2, 0.25) is 0 Å². The Balaban J connectivity index is 0. The summed E-state index contributed by atoms with van der Waals surface area (Å²) in [6, 6.07) is 0. The first kappa shape index (κ1) is 37.1. The molecule has 0 aliphatic heterocycles. The lowest BCUT2D eigenvalue weighted by Crippen LogP contribution is -2.35. The molecule has 0 unspecified atom stereocenters. The van der Waals surface area contributed by atoms with Gasteiger partial charge in [-0.05, 0) is 83.8 Å². The predicted octanol–water partition coefficient (Wildman–Crippen LogP) is 9.82. The van der Waals surface area contributed by atoms with Crippen LogP contribution >= 0.6 is 0 Å². The molecular weight excluding hydrogens is 440 g/mol. The quantitative estimate of drug-likeness (QED) is 0.102. The molecule has 0 atom stereocenters. The van der Waals surface area contributed by atoms with Gasteiger partial charge < -0.3 is 9.80 Å². The van der Waals surface area contributed by atoms with Gasteiger partial charge in [0.25, 0.3) is 0 Å². The fraction of sp³-hybridized carbons (Fsp3) is 0.848. The average molecular weight is 507 g/mol. The van der Waals surface area contributed by atoms with Crippen LogP contribution in [0.15, 0.2) is 24.3 Å². The maximum Gasteiger partial charge on any atom is 0.222 e. The third-order valence-electron chi connectivity index (χ3n) is 7.06. The molecule has 0 bridgehead atoms. The predicted molar refractivity (Wildman–Crippen MR) is 164 cm³/mol. The lowest BCUT2D eigenvalue weighted by Gasteiger charge is -2.28. The molecule has 0 aliphatic rings. The van der Waals surface area contributed by atoms with Crippen LogP contribution in [0.1, 0.15) is 144 Å². The highest BCUT2D eigenvalue weighted by Crippen LogP contribution is 2.31.